The van der Waals surface area contributed by atoms with Crippen molar-refractivity contribution in [2.24, 2.45) is 0 Å². The third kappa shape index (κ3) is 5.87. The van der Waals surface area contributed by atoms with Crippen molar-refractivity contribution in [1.82, 2.24) is 5.32 Å². The summed E-state index contributed by atoms with van der Waals surface area (Å²) in [7, 11) is 0. The molecular weight excluding hydrogens is 254 g/mol. The van der Waals surface area contributed by atoms with Crippen LogP contribution in [-0.4, -0.2) is 17.5 Å². The van der Waals surface area contributed by atoms with Crippen molar-refractivity contribution in [1.29, 1.82) is 0 Å². The third-order valence-electron chi connectivity index (χ3n) is 2.72. The lowest BCUT2D eigenvalue weighted by Gasteiger charge is -2.23. The predicted octanol–water partition coefficient (Wildman–Crippen LogP) is 3.62. The van der Waals surface area contributed by atoms with E-state index in [1.807, 2.05) is 37.3 Å². The minimum atomic E-state index is -0.555. The van der Waals surface area contributed by atoms with Crippen LogP contribution in [-0.2, 0) is 9.53 Å². The average Bonchev–Trinajstić information content (AvgIpc) is 2.36. The van der Waals surface area contributed by atoms with E-state index in [1.54, 1.807) is 20.8 Å². The molecule has 0 aromatic heterocycles. The Balaban J connectivity index is 2.78. The lowest BCUT2D eigenvalue weighted by molar-refractivity contribution is -0.119. The van der Waals surface area contributed by atoms with Crippen LogP contribution < -0.4 is 5.32 Å². The molecule has 110 valence electrons. The first kappa shape index (κ1) is 16.2. The fourth-order valence-corrected chi connectivity index (χ4v) is 1.76. The second-order valence-electron chi connectivity index (χ2n) is 5.71. The molecule has 0 aliphatic rings. The molecule has 4 heteroatoms. The summed E-state index contributed by atoms with van der Waals surface area (Å²) < 4.78 is 5.24. The summed E-state index contributed by atoms with van der Waals surface area (Å²) in [6.07, 6.45) is 0.231. The second-order valence-corrected chi connectivity index (χ2v) is 5.71. The number of carbonyl (C=O) groups excluding carboxylic acids is 2. The first-order valence-electron chi connectivity index (χ1n) is 6.88. The Morgan fingerprint density at radius 2 is 1.80 bits per heavy atom. The normalized spacial score (nSPS) is 12.6. The van der Waals surface area contributed by atoms with Gasteiger partial charge in [0.1, 0.15) is 11.4 Å². The summed E-state index contributed by atoms with van der Waals surface area (Å²) in [5.41, 5.74) is 0.347. The molecule has 0 aliphatic carbocycles. The molecule has 1 aromatic rings. The van der Waals surface area contributed by atoms with Crippen LogP contribution in [0.3, 0.4) is 0 Å². The van der Waals surface area contributed by atoms with Crippen LogP contribution in [0.4, 0.5) is 4.79 Å². The quantitative estimate of drug-likeness (QED) is 0.894. The van der Waals surface area contributed by atoms with Crippen molar-refractivity contribution in [3.63, 3.8) is 0 Å². The smallest absolute Gasteiger partial charge is 0.408 e. The molecule has 0 spiro atoms. The molecule has 0 radical (unpaired) electrons. The van der Waals surface area contributed by atoms with Gasteiger partial charge in [-0.1, -0.05) is 37.3 Å². The maximum atomic E-state index is 11.9. The number of nitrogens with one attached hydrogen (secondary N) is 1. The van der Waals surface area contributed by atoms with Crippen molar-refractivity contribution >= 4 is 11.9 Å². The van der Waals surface area contributed by atoms with E-state index in [9.17, 15) is 9.59 Å². The largest absolute Gasteiger partial charge is 0.444 e. The number of amides is 1. The predicted molar refractivity (Wildman–Crippen MR) is 78.5 cm³/mol. The topological polar surface area (TPSA) is 55.4 Å². The van der Waals surface area contributed by atoms with Crippen molar-refractivity contribution in [2.75, 3.05) is 0 Å². The van der Waals surface area contributed by atoms with E-state index in [4.69, 9.17) is 4.74 Å². The molecule has 20 heavy (non-hydrogen) atoms. The Bertz CT molecular complexity index is 449. The molecule has 1 aromatic carbocycles. The molecule has 1 N–H and O–H groups in total. The van der Waals surface area contributed by atoms with Crippen LogP contribution >= 0.6 is 0 Å². The van der Waals surface area contributed by atoms with Crippen LogP contribution in [0.25, 0.3) is 0 Å². The van der Waals surface area contributed by atoms with Crippen molar-refractivity contribution < 1.29 is 14.3 Å². The fourth-order valence-electron chi connectivity index (χ4n) is 1.76. The number of carbonyl (C=O) groups is 2. The maximum absolute atomic E-state index is 11.9. The van der Waals surface area contributed by atoms with Crippen LogP contribution in [0.5, 0.6) is 0 Å². The standard InChI is InChI=1S/C16H23NO3/c1-5-13(18)11-14(12-9-7-6-8-10-12)17-15(19)20-16(2,3)4/h6-10,14H,5,11H2,1-4H3,(H,17,19)/t14-/m0/s1. The minimum absolute atomic E-state index is 0.106. The van der Waals surface area contributed by atoms with Crippen LogP contribution in [0.2, 0.25) is 0 Å². The van der Waals surface area contributed by atoms with Crippen molar-refractivity contribution in [2.45, 2.75) is 52.2 Å². The Labute approximate surface area is 120 Å². The van der Waals surface area contributed by atoms with Gasteiger partial charge < -0.3 is 10.1 Å². The highest BCUT2D eigenvalue weighted by Gasteiger charge is 2.21. The second kappa shape index (κ2) is 7.08. The SMILES string of the molecule is CCC(=O)C[C@H](NC(=O)OC(C)(C)C)c1ccccc1. The van der Waals surface area contributed by atoms with Gasteiger partial charge in [0.15, 0.2) is 0 Å². The molecule has 0 aliphatic heterocycles. The molecule has 0 saturated carbocycles. The van der Waals surface area contributed by atoms with Gasteiger partial charge in [0.2, 0.25) is 0 Å². The average molecular weight is 277 g/mol. The molecule has 0 heterocycles. The summed E-state index contributed by atoms with van der Waals surface area (Å²) in [5.74, 6) is 0.106. The van der Waals surface area contributed by atoms with Gasteiger partial charge in [-0.15, -0.1) is 0 Å². The zero-order valence-electron chi connectivity index (χ0n) is 12.6. The van der Waals surface area contributed by atoms with E-state index in [2.05, 4.69) is 5.32 Å². The number of alkyl carbamates (subject to hydrolysis) is 1. The highest BCUT2D eigenvalue weighted by Crippen LogP contribution is 2.18. The molecule has 1 atom stereocenters. The zero-order chi connectivity index (χ0) is 15.2. The van der Waals surface area contributed by atoms with Gasteiger partial charge in [0, 0.05) is 12.8 Å². The number of rotatable bonds is 5. The summed E-state index contributed by atoms with van der Waals surface area (Å²) in [6.45, 7) is 7.24. The highest BCUT2D eigenvalue weighted by molar-refractivity contribution is 5.79. The number of ketones is 1. The Morgan fingerprint density at radius 1 is 1.20 bits per heavy atom. The lowest BCUT2D eigenvalue weighted by Crippen LogP contribution is -2.35. The van der Waals surface area contributed by atoms with Crippen LogP contribution in [0.15, 0.2) is 30.3 Å². The molecule has 0 unspecified atom stereocenters. The van der Waals surface area contributed by atoms with E-state index in [0.29, 0.717) is 6.42 Å². The summed E-state index contributed by atoms with van der Waals surface area (Å²) >= 11 is 0. The van der Waals surface area contributed by atoms with Crippen LogP contribution in [0.1, 0.15) is 52.1 Å². The van der Waals surface area contributed by atoms with Crippen molar-refractivity contribution in [3.8, 4) is 0 Å². The van der Waals surface area contributed by atoms with Gasteiger partial charge in [0.25, 0.3) is 0 Å². The van der Waals surface area contributed by atoms with E-state index in [-0.39, 0.29) is 18.2 Å². The van der Waals surface area contributed by atoms with E-state index in [0.717, 1.165) is 5.56 Å². The molecular formula is C16H23NO3. The molecule has 4 nitrogen and oxygen atoms in total. The van der Waals surface area contributed by atoms with Gasteiger partial charge in [-0.2, -0.15) is 0 Å². The monoisotopic (exact) mass is 277 g/mol. The maximum Gasteiger partial charge on any atom is 0.408 e. The Morgan fingerprint density at radius 3 is 2.30 bits per heavy atom. The van der Waals surface area contributed by atoms with Gasteiger partial charge >= 0.3 is 6.09 Å². The van der Waals surface area contributed by atoms with Gasteiger partial charge in [-0.25, -0.2) is 4.79 Å². The fraction of sp³-hybridized carbons (Fsp3) is 0.500. The van der Waals surface area contributed by atoms with Gasteiger partial charge in [0.05, 0.1) is 6.04 Å². The third-order valence-corrected chi connectivity index (χ3v) is 2.72. The first-order valence-corrected chi connectivity index (χ1v) is 6.88. The van der Waals surface area contributed by atoms with Gasteiger partial charge in [-0.05, 0) is 26.3 Å². The molecule has 1 rings (SSSR count). The number of hydrogen-bond acceptors (Lipinski definition) is 3. The lowest BCUT2D eigenvalue weighted by atomic mass is 10.0. The van der Waals surface area contributed by atoms with E-state index < -0.39 is 11.7 Å². The molecule has 0 saturated heterocycles. The molecule has 0 fully saturated rings. The van der Waals surface area contributed by atoms with Crippen molar-refractivity contribution in [3.05, 3.63) is 35.9 Å². The van der Waals surface area contributed by atoms with Crippen LogP contribution in [0, 0.1) is 0 Å². The summed E-state index contributed by atoms with van der Waals surface area (Å²) in [4.78, 5) is 23.5. The Kier molecular flexibility index (Phi) is 5.74. The first-order chi connectivity index (χ1) is 9.31. The summed E-state index contributed by atoms with van der Waals surface area (Å²) in [5, 5.41) is 2.77. The number of Topliss-reactive ketones (excluding diaryl/α,β-unsaturated/α-hetero) is 1. The van der Waals surface area contributed by atoms with E-state index >= 15 is 0 Å². The minimum Gasteiger partial charge on any atom is -0.444 e. The summed E-state index contributed by atoms with van der Waals surface area (Å²) in [6, 6.07) is 9.11. The van der Waals surface area contributed by atoms with E-state index in [1.165, 1.54) is 0 Å². The Hall–Kier alpha value is -1.84. The number of hydrogen-bond donors (Lipinski definition) is 1. The number of ether oxygens (including phenoxy) is 1. The molecule has 0 bridgehead atoms. The zero-order valence-corrected chi connectivity index (χ0v) is 12.6. The highest BCUT2D eigenvalue weighted by atomic mass is 16.6. The van der Waals surface area contributed by atoms with Gasteiger partial charge in [-0.3, -0.25) is 4.79 Å². The molecule has 1 amide bonds. The number of benzene rings is 1.